The maximum absolute atomic E-state index is 6.09. The van der Waals surface area contributed by atoms with Crippen LogP contribution < -0.4 is 0 Å². The summed E-state index contributed by atoms with van der Waals surface area (Å²) in [6.45, 7) is 2.95. The topological polar surface area (TPSA) is 17.8 Å². The molecule has 0 saturated heterocycles. The minimum absolute atomic E-state index is 0.506. The zero-order chi connectivity index (χ0) is 14.1. The van der Waals surface area contributed by atoms with Gasteiger partial charge in [-0.25, -0.2) is 4.98 Å². The molecule has 0 aliphatic heterocycles. The van der Waals surface area contributed by atoms with Gasteiger partial charge < -0.3 is 4.57 Å². The normalized spacial score (nSPS) is 11.2. The molecule has 20 heavy (non-hydrogen) atoms. The summed E-state index contributed by atoms with van der Waals surface area (Å²) in [7, 11) is 0. The van der Waals surface area contributed by atoms with Crippen molar-refractivity contribution in [3.63, 3.8) is 0 Å². The second kappa shape index (κ2) is 5.47. The summed E-state index contributed by atoms with van der Waals surface area (Å²) in [6.07, 6.45) is 0. The van der Waals surface area contributed by atoms with Gasteiger partial charge in [0.25, 0.3) is 0 Å². The Morgan fingerprint density at radius 3 is 2.75 bits per heavy atom. The first-order valence-electron chi connectivity index (χ1n) is 6.54. The molecule has 0 atom stereocenters. The van der Waals surface area contributed by atoms with Crippen LogP contribution in [0, 0.1) is 0 Å². The predicted molar refractivity (Wildman–Crippen MR) is 85.4 cm³/mol. The molecule has 0 amide bonds. The SMILES string of the molecule is CCn1c(-c2cccc(CCl)c2)nc2ccc(Cl)cc21. The molecule has 3 aromatic rings. The fourth-order valence-electron chi connectivity index (χ4n) is 2.43. The molecule has 0 N–H and O–H groups in total. The van der Waals surface area contributed by atoms with Gasteiger partial charge in [-0.1, -0.05) is 29.8 Å². The molecule has 0 bridgehead atoms. The number of rotatable bonds is 3. The van der Waals surface area contributed by atoms with Gasteiger partial charge in [0, 0.05) is 23.0 Å². The quantitative estimate of drug-likeness (QED) is 0.614. The molecule has 0 fully saturated rings. The first-order valence-corrected chi connectivity index (χ1v) is 7.45. The number of aromatic nitrogens is 2. The highest BCUT2D eigenvalue weighted by molar-refractivity contribution is 6.31. The van der Waals surface area contributed by atoms with Crippen molar-refractivity contribution < 1.29 is 0 Å². The zero-order valence-corrected chi connectivity index (χ0v) is 12.6. The van der Waals surface area contributed by atoms with Gasteiger partial charge in [0.1, 0.15) is 5.82 Å². The Morgan fingerprint density at radius 2 is 2.00 bits per heavy atom. The van der Waals surface area contributed by atoms with Gasteiger partial charge in [-0.3, -0.25) is 0 Å². The third-order valence-corrected chi connectivity index (χ3v) is 3.91. The number of alkyl halides is 1. The van der Waals surface area contributed by atoms with E-state index >= 15 is 0 Å². The van der Waals surface area contributed by atoms with E-state index in [2.05, 4.69) is 23.6 Å². The highest BCUT2D eigenvalue weighted by Crippen LogP contribution is 2.27. The van der Waals surface area contributed by atoms with Crippen LogP contribution in [0.4, 0.5) is 0 Å². The summed E-state index contributed by atoms with van der Waals surface area (Å²) in [5, 5.41) is 0.730. The lowest BCUT2D eigenvalue weighted by Gasteiger charge is -2.07. The van der Waals surface area contributed by atoms with Gasteiger partial charge >= 0.3 is 0 Å². The number of fused-ring (bicyclic) bond motifs is 1. The largest absolute Gasteiger partial charge is 0.324 e. The van der Waals surface area contributed by atoms with Gasteiger partial charge in [-0.2, -0.15) is 0 Å². The van der Waals surface area contributed by atoms with Crippen LogP contribution >= 0.6 is 23.2 Å². The lowest BCUT2D eigenvalue weighted by atomic mass is 10.1. The van der Waals surface area contributed by atoms with Crippen LogP contribution in [-0.4, -0.2) is 9.55 Å². The van der Waals surface area contributed by atoms with Crippen molar-refractivity contribution in [2.24, 2.45) is 0 Å². The number of hydrogen-bond acceptors (Lipinski definition) is 1. The Balaban J connectivity index is 2.24. The van der Waals surface area contributed by atoms with Gasteiger partial charge in [0.2, 0.25) is 0 Å². The van der Waals surface area contributed by atoms with Crippen molar-refractivity contribution in [2.75, 3.05) is 0 Å². The van der Waals surface area contributed by atoms with Gasteiger partial charge in [0.05, 0.1) is 11.0 Å². The summed E-state index contributed by atoms with van der Waals surface area (Å²) >= 11 is 12.0. The van der Waals surface area contributed by atoms with Crippen LogP contribution in [0.15, 0.2) is 42.5 Å². The maximum Gasteiger partial charge on any atom is 0.141 e. The van der Waals surface area contributed by atoms with Crippen molar-refractivity contribution in [1.29, 1.82) is 0 Å². The first-order chi connectivity index (χ1) is 9.72. The zero-order valence-electron chi connectivity index (χ0n) is 11.1. The Kier molecular flexibility index (Phi) is 3.68. The highest BCUT2D eigenvalue weighted by Gasteiger charge is 2.12. The molecule has 0 radical (unpaired) electrons. The Hall–Kier alpha value is -1.51. The maximum atomic E-state index is 6.09. The molecule has 102 valence electrons. The van der Waals surface area contributed by atoms with Crippen LogP contribution in [0.25, 0.3) is 22.4 Å². The van der Waals surface area contributed by atoms with E-state index < -0.39 is 0 Å². The monoisotopic (exact) mass is 304 g/mol. The molecule has 0 unspecified atom stereocenters. The molecule has 0 aliphatic carbocycles. The summed E-state index contributed by atoms with van der Waals surface area (Å²) < 4.78 is 2.18. The molecular weight excluding hydrogens is 291 g/mol. The molecular formula is C16H14Cl2N2. The van der Waals surface area contributed by atoms with Crippen LogP contribution in [0.2, 0.25) is 5.02 Å². The minimum Gasteiger partial charge on any atom is -0.324 e. The summed E-state index contributed by atoms with van der Waals surface area (Å²) in [4.78, 5) is 4.73. The van der Waals surface area contributed by atoms with Crippen molar-refractivity contribution in [3.8, 4) is 11.4 Å². The number of benzene rings is 2. The molecule has 0 aliphatic rings. The molecule has 4 heteroatoms. The van der Waals surface area contributed by atoms with E-state index in [-0.39, 0.29) is 0 Å². The van der Waals surface area contributed by atoms with Crippen LogP contribution in [0.5, 0.6) is 0 Å². The number of aryl methyl sites for hydroxylation is 1. The van der Waals surface area contributed by atoms with Crippen molar-refractivity contribution in [3.05, 3.63) is 53.1 Å². The van der Waals surface area contributed by atoms with E-state index in [1.165, 1.54) is 0 Å². The average molecular weight is 305 g/mol. The standard InChI is InChI=1S/C16H14Cl2N2/c1-2-20-15-9-13(18)6-7-14(15)19-16(20)12-5-3-4-11(8-12)10-17/h3-9H,2,10H2,1H3. The van der Waals surface area contributed by atoms with Gasteiger partial charge in [0.15, 0.2) is 0 Å². The fourth-order valence-corrected chi connectivity index (χ4v) is 2.76. The van der Waals surface area contributed by atoms with Crippen molar-refractivity contribution in [2.45, 2.75) is 19.3 Å². The summed E-state index contributed by atoms with van der Waals surface area (Å²) in [6, 6.07) is 14.0. The highest BCUT2D eigenvalue weighted by atomic mass is 35.5. The first kappa shape index (κ1) is 13.5. The minimum atomic E-state index is 0.506. The van der Waals surface area contributed by atoms with Gasteiger partial charge in [-0.05, 0) is 36.8 Å². The number of hydrogen-bond donors (Lipinski definition) is 0. The molecule has 0 saturated carbocycles. The molecule has 0 spiro atoms. The molecule has 2 aromatic carbocycles. The molecule has 3 rings (SSSR count). The van der Waals surface area contributed by atoms with Crippen LogP contribution in [-0.2, 0) is 12.4 Å². The van der Waals surface area contributed by atoms with E-state index in [0.29, 0.717) is 5.88 Å². The fraction of sp³-hybridized carbons (Fsp3) is 0.188. The lowest BCUT2D eigenvalue weighted by molar-refractivity contribution is 0.796. The second-order valence-corrected chi connectivity index (χ2v) is 5.35. The Bertz CT molecular complexity index is 762. The van der Waals surface area contributed by atoms with E-state index in [1.807, 2.05) is 30.3 Å². The number of halogens is 2. The van der Waals surface area contributed by atoms with E-state index in [1.54, 1.807) is 0 Å². The predicted octanol–water partition coefficient (Wildman–Crippen LogP) is 5.12. The third-order valence-electron chi connectivity index (χ3n) is 3.37. The third kappa shape index (κ3) is 2.30. The number of nitrogens with zero attached hydrogens (tertiary/aromatic N) is 2. The van der Waals surface area contributed by atoms with E-state index in [9.17, 15) is 0 Å². The lowest BCUT2D eigenvalue weighted by Crippen LogP contribution is -1.97. The second-order valence-electron chi connectivity index (χ2n) is 4.65. The Morgan fingerprint density at radius 1 is 1.15 bits per heavy atom. The smallest absolute Gasteiger partial charge is 0.141 e. The van der Waals surface area contributed by atoms with E-state index in [4.69, 9.17) is 28.2 Å². The van der Waals surface area contributed by atoms with E-state index in [0.717, 1.165) is 39.6 Å². The summed E-state index contributed by atoms with van der Waals surface area (Å²) in [5.74, 6) is 1.46. The van der Waals surface area contributed by atoms with Gasteiger partial charge in [-0.15, -0.1) is 11.6 Å². The number of imidazole rings is 1. The van der Waals surface area contributed by atoms with Crippen LogP contribution in [0.1, 0.15) is 12.5 Å². The molecule has 2 nitrogen and oxygen atoms in total. The van der Waals surface area contributed by atoms with Crippen molar-refractivity contribution >= 4 is 34.2 Å². The van der Waals surface area contributed by atoms with Crippen molar-refractivity contribution in [1.82, 2.24) is 9.55 Å². The Labute approximate surface area is 128 Å². The summed E-state index contributed by atoms with van der Waals surface area (Å²) in [5.41, 5.74) is 4.20. The molecule has 1 aromatic heterocycles. The van der Waals surface area contributed by atoms with Crippen LogP contribution in [0.3, 0.4) is 0 Å². The average Bonchev–Trinajstić information content (AvgIpc) is 2.85. The molecule has 1 heterocycles.